The Labute approximate surface area is 173 Å². The Hall–Kier alpha value is -3.45. The number of aldehydes is 1. The quantitative estimate of drug-likeness (QED) is 0.424. The molecule has 0 amide bonds. The van der Waals surface area contributed by atoms with Crippen LogP contribution in [0.3, 0.4) is 0 Å². The number of aromatic nitrogens is 3. The molecule has 2 aromatic heterocycles. The summed E-state index contributed by atoms with van der Waals surface area (Å²) in [7, 11) is 0. The van der Waals surface area contributed by atoms with Crippen molar-refractivity contribution in [3.05, 3.63) is 98.5 Å². The molecule has 29 heavy (non-hydrogen) atoms. The van der Waals surface area contributed by atoms with Crippen molar-refractivity contribution in [2.45, 2.75) is 0 Å². The number of carbonyl (C=O) groups is 1. The summed E-state index contributed by atoms with van der Waals surface area (Å²) < 4.78 is 15.8. The van der Waals surface area contributed by atoms with Gasteiger partial charge < -0.3 is 0 Å². The highest BCUT2D eigenvalue weighted by atomic mass is 79.9. The van der Waals surface area contributed by atoms with Gasteiger partial charge in [-0.2, -0.15) is 0 Å². The summed E-state index contributed by atoms with van der Waals surface area (Å²) in [6.45, 7) is 0. The topological polar surface area (TPSA) is 64.8 Å². The molecule has 0 N–H and O–H groups in total. The first-order valence-electron chi connectivity index (χ1n) is 8.64. The molecule has 0 saturated carbocycles. The van der Waals surface area contributed by atoms with Gasteiger partial charge in [-0.25, -0.2) is 14.4 Å². The number of rotatable bonds is 4. The number of benzene rings is 2. The Bertz CT molecular complexity index is 1330. The minimum absolute atomic E-state index is 0.180. The van der Waals surface area contributed by atoms with E-state index in [1.807, 2.05) is 6.07 Å². The third-order valence-electron chi connectivity index (χ3n) is 4.27. The van der Waals surface area contributed by atoms with Crippen LogP contribution in [0.4, 0.5) is 4.39 Å². The van der Waals surface area contributed by atoms with E-state index < -0.39 is 11.4 Å². The third-order valence-corrected chi connectivity index (χ3v) is 4.94. The van der Waals surface area contributed by atoms with Crippen LogP contribution in [0.25, 0.3) is 28.7 Å². The summed E-state index contributed by atoms with van der Waals surface area (Å²) in [4.78, 5) is 32.9. The van der Waals surface area contributed by atoms with Gasteiger partial charge in [-0.1, -0.05) is 18.2 Å². The smallest absolute Gasteiger partial charge is 0.266 e. The highest BCUT2D eigenvalue weighted by Crippen LogP contribution is 2.22. The molecule has 0 aliphatic heterocycles. The van der Waals surface area contributed by atoms with Gasteiger partial charge >= 0.3 is 0 Å². The minimum atomic E-state index is -0.506. The van der Waals surface area contributed by atoms with Crippen molar-refractivity contribution in [2.24, 2.45) is 0 Å². The molecule has 2 heterocycles. The molecule has 0 saturated heterocycles. The molecule has 0 radical (unpaired) electrons. The Balaban J connectivity index is 1.96. The van der Waals surface area contributed by atoms with Crippen LogP contribution in [-0.2, 0) is 0 Å². The second kappa shape index (κ2) is 7.89. The molecule has 2 aromatic carbocycles. The van der Waals surface area contributed by atoms with Gasteiger partial charge in [0, 0.05) is 4.47 Å². The Morgan fingerprint density at radius 1 is 0.931 bits per heavy atom. The van der Waals surface area contributed by atoms with E-state index in [1.165, 1.54) is 22.8 Å². The highest BCUT2D eigenvalue weighted by Gasteiger charge is 2.14. The summed E-state index contributed by atoms with van der Waals surface area (Å²) in [5.41, 5.74) is 1.41. The van der Waals surface area contributed by atoms with Crippen LogP contribution >= 0.6 is 15.9 Å². The van der Waals surface area contributed by atoms with Crippen molar-refractivity contribution in [2.75, 3.05) is 0 Å². The normalized spacial score (nSPS) is 11.2. The maximum Gasteiger partial charge on any atom is 0.266 e. The first kappa shape index (κ1) is 18.9. The van der Waals surface area contributed by atoms with Crippen LogP contribution in [0.1, 0.15) is 22.0 Å². The standard InChI is InChI=1S/C22H13BrFN3O2/c23-18-6-1-2-7-20(18)27-21(11-9-15-4-3-5-16(13-28)25-15)26-19-10-8-14(24)12-17(19)22(27)29/h1-13H/b11-9+. The summed E-state index contributed by atoms with van der Waals surface area (Å²) in [5.74, 6) is -0.160. The zero-order valence-electron chi connectivity index (χ0n) is 14.9. The maximum absolute atomic E-state index is 13.7. The Morgan fingerprint density at radius 2 is 1.72 bits per heavy atom. The zero-order chi connectivity index (χ0) is 20.4. The molecule has 0 aliphatic rings. The number of para-hydroxylation sites is 1. The number of nitrogens with zero attached hydrogens (tertiary/aromatic N) is 3. The van der Waals surface area contributed by atoms with Gasteiger partial charge in [-0.15, -0.1) is 0 Å². The van der Waals surface area contributed by atoms with E-state index in [-0.39, 0.29) is 5.39 Å². The molecule has 0 unspecified atom stereocenters. The molecule has 4 rings (SSSR count). The van der Waals surface area contributed by atoms with Gasteiger partial charge in [0.2, 0.25) is 0 Å². The predicted molar refractivity (Wildman–Crippen MR) is 114 cm³/mol. The van der Waals surface area contributed by atoms with Gasteiger partial charge in [-0.3, -0.25) is 14.2 Å². The average molecular weight is 450 g/mol. The fourth-order valence-corrected chi connectivity index (χ4v) is 3.40. The van der Waals surface area contributed by atoms with Crippen molar-refractivity contribution < 1.29 is 9.18 Å². The number of pyridine rings is 1. The Kier molecular flexibility index (Phi) is 5.14. The lowest BCUT2D eigenvalue weighted by Crippen LogP contribution is -2.22. The number of fused-ring (bicyclic) bond motifs is 1. The van der Waals surface area contributed by atoms with Crippen molar-refractivity contribution in [1.29, 1.82) is 0 Å². The van der Waals surface area contributed by atoms with Gasteiger partial charge in [0.15, 0.2) is 6.29 Å². The number of carbonyl (C=O) groups excluding carboxylic acids is 1. The van der Waals surface area contributed by atoms with E-state index in [4.69, 9.17) is 0 Å². The number of hydrogen-bond acceptors (Lipinski definition) is 4. The van der Waals surface area contributed by atoms with Gasteiger partial charge in [0.05, 0.1) is 22.3 Å². The van der Waals surface area contributed by atoms with Crippen molar-refractivity contribution >= 4 is 45.3 Å². The van der Waals surface area contributed by atoms with E-state index in [1.54, 1.807) is 48.6 Å². The summed E-state index contributed by atoms with van der Waals surface area (Å²) in [6, 6.07) is 16.2. The summed E-state index contributed by atoms with van der Waals surface area (Å²) >= 11 is 3.46. The number of halogens is 2. The molecule has 0 fully saturated rings. The second-order valence-corrected chi connectivity index (χ2v) is 7.02. The van der Waals surface area contributed by atoms with E-state index >= 15 is 0 Å². The fourth-order valence-electron chi connectivity index (χ4n) is 2.94. The molecule has 0 atom stereocenters. The highest BCUT2D eigenvalue weighted by molar-refractivity contribution is 9.10. The molecule has 7 heteroatoms. The van der Waals surface area contributed by atoms with E-state index in [0.29, 0.717) is 39.2 Å². The molecular formula is C22H13BrFN3O2. The average Bonchev–Trinajstić information content (AvgIpc) is 2.74. The first-order valence-corrected chi connectivity index (χ1v) is 9.43. The van der Waals surface area contributed by atoms with E-state index in [9.17, 15) is 14.0 Å². The van der Waals surface area contributed by atoms with Gasteiger partial charge in [0.1, 0.15) is 17.3 Å². The lowest BCUT2D eigenvalue weighted by Gasteiger charge is -2.13. The summed E-state index contributed by atoms with van der Waals surface area (Å²) in [6.07, 6.45) is 3.97. The number of hydrogen-bond donors (Lipinski definition) is 0. The Morgan fingerprint density at radius 3 is 2.52 bits per heavy atom. The summed E-state index contributed by atoms with van der Waals surface area (Å²) in [5, 5.41) is 0.180. The van der Waals surface area contributed by atoms with Crippen LogP contribution in [-0.4, -0.2) is 20.8 Å². The third kappa shape index (κ3) is 3.77. The molecule has 5 nitrogen and oxygen atoms in total. The van der Waals surface area contributed by atoms with Gasteiger partial charge in [-0.05, 0) is 70.5 Å². The van der Waals surface area contributed by atoms with Crippen molar-refractivity contribution in [3.8, 4) is 5.69 Å². The molecule has 142 valence electrons. The van der Waals surface area contributed by atoms with Crippen LogP contribution in [0, 0.1) is 5.82 Å². The van der Waals surface area contributed by atoms with Crippen LogP contribution in [0.5, 0.6) is 0 Å². The van der Waals surface area contributed by atoms with E-state index in [2.05, 4.69) is 25.9 Å². The minimum Gasteiger partial charge on any atom is -0.296 e. The molecular weight excluding hydrogens is 437 g/mol. The lowest BCUT2D eigenvalue weighted by molar-refractivity contribution is 0.111. The SMILES string of the molecule is O=Cc1cccc(/C=C/c2nc3ccc(F)cc3c(=O)n2-c2ccccc2Br)n1. The molecule has 4 aromatic rings. The fraction of sp³-hybridized carbons (Fsp3) is 0. The maximum atomic E-state index is 13.7. The molecule has 0 spiro atoms. The molecule has 0 aliphatic carbocycles. The van der Waals surface area contributed by atoms with Crippen molar-refractivity contribution in [1.82, 2.24) is 14.5 Å². The van der Waals surface area contributed by atoms with E-state index in [0.717, 1.165) is 0 Å². The van der Waals surface area contributed by atoms with Crippen LogP contribution in [0.15, 0.2) is 69.9 Å². The first-order chi connectivity index (χ1) is 14.1. The second-order valence-electron chi connectivity index (χ2n) is 6.16. The van der Waals surface area contributed by atoms with Crippen molar-refractivity contribution in [3.63, 3.8) is 0 Å². The molecule has 0 bridgehead atoms. The van der Waals surface area contributed by atoms with Crippen LogP contribution < -0.4 is 5.56 Å². The predicted octanol–water partition coefficient (Wildman–Crippen LogP) is 4.67. The van der Waals surface area contributed by atoms with Crippen LogP contribution in [0.2, 0.25) is 0 Å². The lowest BCUT2D eigenvalue weighted by atomic mass is 10.2. The zero-order valence-corrected chi connectivity index (χ0v) is 16.5. The monoisotopic (exact) mass is 449 g/mol. The largest absolute Gasteiger partial charge is 0.296 e. The van der Waals surface area contributed by atoms with Gasteiger partial charge in [0.25, 0.3) is 5.56 Å².